The number of aromatic nitrogens is 2. The third kappa shape index (κ3) is 2.79. The maximum Gasteiger partial charge on any atom is 0.416 e. The van der Waals surface area contributed by atoms with E-state index in [1.54, 1.807) is 53.2 Å². The maximum absolute atomic E-state index is 12.8. The van der Waals surface area contributed by atoms with Gasteiger partial charge in [-0.15, -0.1) is 0 Å². The number of para-hydroxylation sites is 1. The zero-order valence-electron chi connectivity index (χ0n) is 13.4. The molecule has 0 aliphatic heterocycles. The molecular formula is C20H13F3N2O. The van der Waals surface area contributed by atoms with Gasteiger partial charge in [-0.25, -0.2) is 4.98 Å². The second kappa shape index (κ2) is 5.91. The molecule has 2 heterocycles. The summed E-state index contributed by atoms with van der Waals surface area (Å²) < 4.78 is 40.1. The van der Waals surface area contributed by atoms with Crippen LogP contribution in [-0.2, 0) is 6.18 Å². The lowest BCUT2D eigenvalue weighted by atomic mass is 10.0. The van der Waals surface area contributed by atoms with Crippen LogP contribution in [-0.4, -0.2) is 14.5 Å². The Bertz CT molecular complexity index is 1080. The Morgan fingerprint density at radius 3 is 2.23 bits per heavy atom. The van der Waals surface area contributed by atoms with Gasteiger partial charge in [-0.05, 0) is 42.0 Å². The van der Waals surface area contributed by atoms with Gasteiger partial charge in [0.2, 0.25) is 0 Å². The number of pyridine rings is 1. The van der Waals surface area contributed by atoms with E-state index in [1.807, 2.05) is 0 Å². The van der Waals surface area contributed by atoms with Crippen LogP contribution < -0.4 is 0 Å². The number of halogens is 3. The SMILES string of the molecule is Oc1ccccc1-c1cn2cccc(-c3ccc(C(F)(F)F)cc3)c2n1. The van der Waals surface area contributed by atoms with Gasteiger partial charge in [-0.2, -0.15) is 13.2 Å². The molecule has 2 aromatic heterocycles. The Morgan fingerprint density at radius 1 is 0.846 bits per heavy atom. The molecule has 4 aromatic rings. The number of aromatic hydroxyl groups is 1. The molecule has 3 nitrogen and oxygen atoms in total. The molecule has 0 saturated heterocycles. The molecule has 0 fully saturated rings. The lowest BCUT2D eigenvalue weighted by Crippen LogP contribution is -2.04. The molecule has 0 aliphatic rings. The minimum absolute atomic E-state index is 0.118. The van der Waals surface area contributed by atoms with Crippen molar-refractivity contribution in [2.45, 2.75) is 6.18 Å². The van der Waals surface area contributed by atoms with Gasteiger partial charge in [-0.1, -0.05) is 24.3 Å². The summed E-state index contributed by atoms with van der Waals surface area (Å²) in [4.78, 5) is 4.57. The second-order valence-corrected chi connectivity index (χ2v) is 5.87. The molecule has 0 aliphatic carbocycles. The minimum atomic E-state index is -4.37. The molecule has 0 unspecified atom stereocenters. The van der Waals surface area contributed by atoms with Crippen molar-refractivity contribution in [3.05, 3.63) is 78.6 Å². The van der Waals surface area contributed by atoms with E-state index in [0.717, 1.165) is 12.1 Å². The van der Waals surface area contributed by atoms with Crippen LogP contribution in [0.4, 0.5) is 13.2 Å². The molecule has 0 bridgehead atoms. The fourth-order valence-corrected chi connectivity index (χ4v) is 2.90. The van der Waals surface area contributed by atoms with E-state index >= 15 is 0 Å². The number of imidazole rings is 1. The average Bonchev–Trinajstić information content (AvgIpc) is 3.05. The first-order chi connectivity index (χ1) is 12.4. The molecule has 0 radical (unpaired) electrons. The number of nitrogens with zero attached hydrogens (tertiary/aromatic N) is 2. The molecule has 2 aromatic carbocycles. The molecule has 0 amide bonds. The van der Waals surface area contributed by atoms with Crippen LogP contribution in [0.1, 0.15) is 5.56 Å². The number of fused-ring (bicyclic) bond motifs is 1. The summed E-state index contributed by atoms with van der Waals surface area (Å²) in [6.07, 6.45) is -0.784. The largest absolute Gasteiger partial charge is 0.507 e. The predicted octanol–water partition coefficient (Wildman–Crippen LogP) is 5.39. The van der Waals surface area contributed by atoms with Crippen molar-refractivity contribution in [2.75, 3.05) is 0 Å². The molecule has 1 N–H and O–H groups in total. The Hall–Kier alpha value is -3.28. The molecule has 4 rings (SSSR count). The zero-order chi connectivity index (χ0) is 18.3. The molecule has 0 spiro atoms. The number of phenolic OH excluding ortho intramolecular Hbond substituents is 1. The summed E-state index contributed by atoms with van der Waals surface area (Å²) in [5.41, 5.74) is 2.44. The van der Waals surface area contributed by atoms with Crippen molar-refractivity contribution in [2.24, 2.45) is 0 Å². The van der Waals surface area contributed by atoms with Crippen molar-refractivity contribution in [1.82, 2.24) is 9.38 Å². The number of alkyl halides is 3. The van der Waals surface area contributed by atoms with E-state index < -0.39 is 11.7 Å². The number of phenols is 1. The van der Waals surface area contributed by atoms with Crippen LogP contribution in [0, 0.1) is 0 Å². The Morgan fingerprint density at radius 2 is 1.54 bits per heavy atom. The van der Waals surface area contributed by atoms with Crippen LogP contribution in [0.5, 0.6) is 5.75 Å². The van der Waals surface area contributed by atoms with Crippen LogP contribution in [0.2, 0.25) is 0 Å². The molecule has 0 saturated carbocycles. The summed E-state index contributed by atoms with van der Waals surface area (Å²) in [6, 6.07) is 15.5. The number of hydrogen-bond acceptors (Lipinski definition) is 2. The van der Waals surface area contributed by atoms with Gasteiger partial charge in [0, 0.05) is 23.5 Å². The lowest BCUT2D eigenvalue weighted by Gasteiger charge is -2.08. The highest BCUT2D eigenvalue weighted by Gasteiger charge is 2.30. The fraction of sp³-hybridized carbons (Fsp3) is 0.0500. The third-order valence-electron chi connectivity index (χ3n) is 4.19. The smallest absolute Gasteiger partial charge is 0.416 e. The predicted molar refractivity (Wildman–Crippen MR) is 92.7 cm³/mol. The topological polar surface area (TPSA) is 37.5 Å². The van der Waals surface area contributed by atoms with Crippen molar-refractivity contribution >= 4 is 5.65 Å². The average molecular weight is 354 g/mol. The van der Waals surface area contributed by atoms with Crippen LogP contribution in [0.25, 0.3) is 28.0 Å². The summed E-state index contributed by atoms with van der Waals surface area (Å²) >= 11 is 0. The van der Waals surface area contributed by atoms with Crippen LogP contribution >= 0.6 is 0 Å². The maximum atomic E-state index is 12.8. The third-order valence-corrected chi connectivity index (χ3v) is 4.19. The van der Waals surface area contributed by atoms with E-state index in [4.69, 9.17) is 0 Å². The number of benzene rings is 2. The molecule has 0 atom stereocenters. The molecular weight excluding hydrogens is 341 g/mol. The monoisotopic (exact) mass is 354 g/mol. The summed E-state index contributed by atoms with van der Waals surface area (Å²) in [5.74, 6) is 0.118. The normalized spacial score (nSPS) is 11.8. The second-order valence-electron chi connectivity index (χ2n) is 5.87. The van der Waals surface area contributed by atoms with E-state index in [1.165, 1.54) is 12.1 Å². The highest BCUT2D eigenvalue weighted by Crippen LogP contribution is 2.33. The first kappa shape index (κ1) is 16.2. The van der Waals surface area contributed by atoms with Crippen molar-refractivity contribution < 1.29 is 18.3 Å². The van der Waals surface area contributed by atoms with E-state index in [9.17, 15) is 18.3 Å². The standard InChI is InChI=1S/C20H13F3N2O/c21-20(22,23)14-9-7-13(8-10-14)15-5-3-11-25-12-17(24-19(15)25)16-4-1-2-6-18(16)26/h1-12,26H. The first-order valence-electron chi connectivity index (χ1n) is 7.87. The Kier molecular flexibility index (Phi) is 3.68. The quantitative estimate of drug-likeness (QED) is 0.524. The van der Waals surface area contributed by atoms with E-state index in [-0.39, 0.29) is 5.75 Å². The van der Waals surface area contributed by atoms with Crippen molar-refractivity contribution in [3.63, 3.8) is 0 Å². The van der Waals surface area contributed by atoms with E-state index in [2.05, 4.69) is 4.98 Å². The zero-order valence-corrected chi connectivity index (χ0v) is 13.4. The molecule has 130 valence electrons. The van der Waals surface area contributed by atoms with Gasteiger partial charge in [0.1, 0.15) is 11.4 Å². The van der Waals surface area contributed by atoms with Gasteiger partial charge in [-0.3, -0.25) is 0 Å². The molecule has 26 heavy (non-hydrogen) atoms. The van der Waals surface area contributed by atoms with Crippen molar-refractivity contribution in [3.8, 4) is 28.1 Å². The highest BCUT2D eigenvalue weighted by atomic mass is 19.4. The Labute approximate surface area is 147 Å². The first-order valence-corrected chi connectivity index (χ1v) is 7.87. The van der Waals surface area contributed by atoms with Gasteiger partial charge in [0.05, 0.1) is 11.3 Å². The minimum Gasteiger partial charge on any atom is -0.507 e. The number of rotatable bonds is 2. The van der Waals surface area contributed by atoms with Crippen LogP contribution in [0.3, 0.4) is 0 Å². The van der Waals surface area contributed by atoms with Crippen LogP contribution in [0.15, 0.2) is 73.1 Å². The summed E-state index contributed by atoms with van der Waals surface area (Å²) in [5, 5.41) is 10.0. The van der Waals surface area contributed by atoms with Gasteiger partial charge in [0.15, 0.2) is 0 Å². The molecule has 6 heteroatoms. The lowest BCUT2D eigenvalue weighted by molar-refractivity contribution is -0.137. The van der Waals surface area contributed by atoms with Gasteiger partial charge < -0.3 is 9.51 Å². The summed E-state index contributed by atoms with van der Waals surface area (Å²) in [7, 11) is 0. The van der Waals surface area contributed by atoms with Crippen molar-refractivity contribution in [1.29, 1.82) is 0 Å². The van der Waals surface area contributed by atoms with Gasteiger partial charge >= 0.3 is 6.18 Å². The highest BCUT2D eigenvalue weighted by molar-refractivity contribution is 5.80. The number of hydrogen-bond donors (Lipinski definition) is 1. The summed E-state index contributed by atoms with van der Waals surface area (Å²) in [6.45, 7) is 0. The fourth-order valence-electron chi connectivity index (χ4n) is 2.90. The van der Waals surface area contributed by atoms with E-state index in [0.29, 0.717) is 28.0 Å². The van der Waals surface area contributed by atoms with Gasteiger partial charge in [0.25, 0.3) is 0 Å². The Balaban J connectivity index is 1.83.